The van der Waals surface area contributed by atoms with Gasteiger partial charge in [0.1, 0.15) is 0 Å². The van der Waals surface area contributed by atoms with Gasteiger partial charge in [0.15, 0.2) is 0 Å². The van der Waals surface area contributed by atoms with Crippen LogP contribution in [0.2, 0.25) is 0 Å². The topological polar surface area (TPSA) is 113 Å². The van der Waals surface area contributed by atoms with Crippen LogP contribution in [0.15, 0.2) is 58.3 Å². The Kier molecular flexibility index (Phi) is 7.47. The van der Waals surface area contributed by atoms with Crippen molar-refractivity contribution >= 4 is 31.6 Å². The van der Waals surface area contributed by atoms with Crippen molar-refractivity contribution in [3.8, 4) is 0 Å². The number of hydrogen-bond donors (Lipinski definition) is 2. The van der Waals surface area contributed by atoms with Crippen molar-refractivity contribution < 1.29 is 21.6 Å². The number of rotatable bonds is 9. The third-order valence-electron chi connectivity index (χ3n) is 5.04. The largest absolute Gasteiger partial charge is 0.322 e. The molecule has 0 unspecified atom stereocenters. The van der Waals surface area contributed by atoms with Gasteiger partial charge in [0, 0.05) is 30.9 Å². The van der Waals surface area contributed by atoms with E-state index in [1.54, 1.807) is 0 Å². The van der Waals surface area contributed by atoms with Gasteiger partial charge >= 0.3 is 0 Å². The van der Waals surface area contributed by atoms with Crippen LogP contribution < -0.4 is 10.0 Å². The maximum Gasteiger partial charge on any atom is 0.255 e. The molecule has 0 spiro atoms. The van der Waals surface area contributed by atoms with E-state index in [0.717, 1.165) is 25.7 Å². The normalized spacial score (nSPS) is 15.1. The molecule has 1 aliphatic heterocycles. The third kappa shape index (κ3) is 5.70. The molecule has 2 aromatic rings. The second-order valence-electron chi connectivity index (χ2n) is 7.37. The van der Waals surface area contributed by atoms with Crippen molar-refractivity contribution in [3.05, 3.63) is 54.1 Å². The zero-order valence-electron chi connectivity index (χ0n) is 17.4. The standard InChI is InChI=1S/C21H27N3O5S2/c1-2-3-13-22-30(26,27)20-8-6-7-17(16-20)21(25)23-18-9-11-19(12-10-18)31(28,29)24-14-4-5-15-24/h6-12,16,22H,2-5,13-15H2,1H3,(H,23,25). The minimum absolute atomic E-state index is 0.0170. The Bertz CT molecular complexity index is 1120. The van der Waals surface area contributed by atoms with E-state index in [4.69, 9.17) is 0 Å². The highest BCUT2D eigenvalue weighted by Crippen LogP contribution is 2.22. The van der Waals surface area contributed by atoms with Gasteiger partial charge in [-0.2, -0.15) is 4.31 Å². The number of nitrogens with zero attached hydrogens (tertiary/aromatic N) is 1. The quantitative estimate of drug-likeness (QED) is 0.553. The minimum atomic E-state index is -3.69. The van der Waals surface area contributed by atoms with Crippen LogP contribution in [0.3, 0.4) is 0 Å². The first-order valence-corrected chi connectivity index (χ1v) is 13.2. The fourth-order valence-electron chi connectivity index (χ4n) is 3.26. The molecule has 10 heteroatoms. The second-order valence-corrected chi connectivity index (χ2v) is 11.1. The van der Waals surface area contributed by atoms with E-state index in [9.17, 15) is 21.6 Å². The number of carbonyl (C=O) groups is 1. The first-order valence-electron chi connectivity index (χ1n) is 10.3. The zero-order chi connectivity index (χ0) is 22.5. The van der Waals surface area contributed by atoms with Crippen LogP contribution in [0.25, 0.3) is 0 Å². The molecule has 1 amide bonds. The first kappa shape index (κ1) is 23.4. The lowest BCUT2D eigenvalue weighted by Crippen LogP contribution is -2.27. The Morgan fingerprint density at radius 1 is 0.968 bits per heavy atom. The van der Waals surface area contributed by atoms with Crippen LogP contribution in [-0.4, -0.2) is 46.7 Å². The molecule has 8 nitrogen and oxygen atoms in total. The van der Waals surface area contributed by atoms with Crippen molar-refractivity contribution in [1.29, 1.82) is 0 Å². The number of carbonyl (C=O) groups excluding carboxylic acids is 1. The molecule has 1 saturated heterocycles. The lowest BCUT2D eigenvalue weighted by molar-refractivity contribution is 0.102. The SMILES string of the molecule is CCCCNS(=O)(=O)c1cccc(C(=O)Nc2ccc(S(=O)(=O)N3CCCC3)cc2)c1. The molecule has 1 fully saturated rings. The number of benzene rings is 2. The number of nitrogens with one attached hydrogen (secondary N) is 2. The van der Waals surface area contributed by atoms with E-state index in [1.807, 2.05) is 6.92 Å². The van der Waals surface area contributed by atoms with E-state index < -0.39 is 26.0 Å². The Labute approximate surface area is 183 Å². The Balaban J connectivity index is 1.70. The fourth-order valence-corrected chi connectivity index (χ4v) is 5.90. The first-order chi connectivity index (χ1) is 14.7. The van der Waals surface area contributed by atoms with Gasteiger partial charge in [0.2, 0.25) is 20.0 Å². The summed E-state index contributed by atoms with van der Waals surface area (Å²) >= 11 is 0. The highest BCUT2D eigenvalue weighted by Gasteiger charge is 2.27. The van der Waals surface area contributed by atoms with Crippen LogP contribution >= 0.6 is 0 Å². The Morgan fingerprint density at radius 2 is 1.65 bits per heavy atom. The summed E-state index contributed by atoms with van der Waals surface area (Å²) in [6.45, 7) is 3.34. The summed E-state index contributed by atoms with van der Waals surface area (Å²) in [5, 5.41) is 2.67. The average molecular weight is 466 g/mol. The lowest BCUT2D eigenvalue weighted by atomic mass is 10.2. The molecular weight excluding hydrogens is 438 g/mol. The van der Waals surface area contributed by atoms with Crippen LogP contribution in [0.1, 0.15) is 43.0 Å². The molecule has 0 bridgehead atoms. The lowest BCUT2D eigenvalue weighted by Gasteiger charge is -2.15. The van der Waals surface area contributed by atoms with Crippen molar-refractivity contribution in [2.45, 2.75) is 42.4 Å². The van der Waals surface area contributed by atoms with Crippen molar-refractivity contribution in [2.24, 2.45) is 0 Å². The van der Waals surface area contributed by atoms with Crippen molar-refractivity contribution in [2.75, 3.05) is 25.0 Å². The summed E-state index contributed by atoms with van der Waals surface area (Å²) < 4.78 is 53.9. The molecule has 0 atom stereocenters. The van der Waals surface area contributed by atoms with E-state index in [0.29, 0.717) is 25.3 Å². The van der Waals surface area contributed by atoms with E-state index >= 15 is 0 Å². The summed E-state index contributed by atoms with van der Waals surface area (Å²) in [7, 11) is -7.21. The number of sulfonamides is 2. The van der Waals surface area contributed by atoms with E-state index in [-0.39, 0.29) is 15.4 Å². The molecule has 0 saturated carbocycles. The van der Waals surface area contributed by atoms with Crippen molar-refractivity contribution in [3.63, 3.8) is 0 Å². The molecule has 31 heavy (non-hydrogen) atoms. The number of unbranched alkanes of at least 4 members (excludes halogenated alkanes) is 1. The van der Waals surface area contributed by atoms with Crippen LogP contribution in [-0.2, 0) is 20.0 Å². The molecule has 3 rings (SSSR count). The van der Waals surface area contributed by atoms with Crippen LogP contribution in [0.5, 0.6) is 0 Å². The summed E-state index contributed by atoms with van der Waals surface area (Å²) in [5.74, 6) is -0.485. The summed E-state index contributed by atoms with van der Waals surface area (Å²) in [5.41, 5.74) is 0.604. The Hall–Kier alpha value is -2.27. The number of amides is 1. The van der Waals surface area contributed by atoms with Gasteiger partial charge in [-0.15, -0.1) is 0 Å². The predicted octanol–water partition coefficient (Wildman–Crippen LogP) is 2.80. The Morgan fingerprint density at radius 3 is 2.29 bits per heavy atom. The molecule has 1 aliphatic rings. The van der Waals surface area contributed by atoms with Gasteiger partial charge in [-0.1, -0.05) is 19.4 Å². The molecule has 2 N–H and O–H groups in total. The molecule has 2 aromatic carbocycles. The zero-order valence-corrected chi connectivity index (χ0v) is 19.0. The predicted molar refractivity (Wildman–Crippen MR) is 119 cm³/mol. The highest BCUT2D eigenvalue weighted by molar-refractivity contribution is 7.89. The minimum Gasteiger partial charge on any atom is -0.322 e. The second kappa shape index (κ2) is 9.90. The smallest absolute Gasteiger partial charge is 0.255 e. The van der Waals surface area contributed by atoms with E-state index in [2.05, 4.69) is 10.0 Å². The van der Waals surface area contributed by atoms with Crippen LogP contribution in [0.4, 0.5) is 5.69 Å². The van der Waals surface area contributed by atoms with Gasteiger partial charge in [0.05, 0.1) is 9.79 Å². The number of anilines is 1. The van der Waals surface area contributed by atoms with E-state index in [1.165, 1.54) is 52.8 Å². The van der Waals surface area contributed by atoms with Crippen molar-refractivity contribution in [1.82, 2.24) is 9.03 Å². The monoisotopic (exact) mass is 465 g/mol. The van der Waals surface area contributed by atoms with Gasteiger partial charge in [-0.3, -0.25) is 4.79 Å². The molecule has 1 heterocycles. The van der Waals surface area contributed by atoms with Gasteiger partial charge < -0.3 is 5.32 Å². The maximum absolute atomic E-state index is 12.6. The molecule has 0 radical (unpaired) electrons. The molecule has 168 valence electrons. The maximum atomic E-state index is 12.6. The summed E-state index contributed by atoms with van der Waals surface area (Å²) in [6, 6.07) is 11.7. The molecule has 0 aromatic heterocycles. The van der Waals surface area contributed by atoms with Gasteiger partial charge in [-0.05, 0) is 61.7 Å². The highest BCUT2D eigenvalue weighted by atomic mass is 32.2. The fraction of sp³-hybridized carbons (Fsp3) is 0.381. The van der Waals surface area contributed by atoms with Gasteiger partial charge in [-0.25, -0.2) is 21.6 Å². The summed E-state index contributed by atoms with van der Waals surface area (Å²) in [4.78, 5) is 12.8. The average Bonchev–Trinajstić information content (AvgIpc) is 3.30. The molecule has 0 aliphatic carbocycles. The third-order valence-corrected chi connectivity index (χ3v) is 8.42. The summed E-state index contributed by atoms with van der Waals surface area (Å²) in [6.07, 6.45) is 3.30. The van der Waals surface area contributed by atoms with Crippen LogP contribution in [0, 0.1) is 0 Å². The molecular formula is C21H27N3O5S2. The number of hydrogen-bond acceptors (Lipinski definition) is 5. The van der Waals surface area contributed by atoms with Gasteiger partial charge in [0.25, 0.3) is 5.91 Å².